The summed E-state index contributed by atoms with van der Waals surface area (Å²) >= 11 is 5.78. The van der Waals surface area contributed by atoms with E-state index in [9.17, 15) is 8.42 Å². The molecule has 82 valence electrons. The Bertz CT molecular complexity index is 463. The molecule has 0 aromatic heterocycles. The highest BCUT2D eigenvalue weighted by molar-refractivity contribution is 7.88. The molecule has 0 spiro atoms. The lowest BCUT2D eigenvalue weighted by Gasteiger charge is -2.16. The van der Waals surface area contributed by atoms with Crippen molar-refractivity contribution in [1.82, 2.24) is 4.72 Å². The van der Waals surface area contributed by atoms with E-state index < -0.39 is 10.0 Å². The molecular weight excluding hydrogens is 234 g/mol. The highest BCUT2D eigenvalue weighted by atomic mass is 35.5. The first-order valence-corrected chi connectivity index (χ1v) is 6.93. The van der Waals surface area contributed by atoms with Crippen molar-refractivity contribution < 1.29 is 8.42 Å². The van der Waals surface area contributed by atoms with E-state index in [-0.39, 0.29) is 5.54 Å². The van der Waals surface area contributed by atoms with Crippen LogP contribution in [0.3, 0.4) is 0 Å². The molecule has 5 heteroatoms. The summed E-state index contributed by atoms with van der Waals surface area (Å²) in [7, 11) is -3.16. The lowest BCUT2D eigenvalue weighted by molar-refractivity contribution is 0.557. The lowest BCUT2D eigenvalue weighted by atomic mass is 10.1. The summed E-state index contributed by atoms with van der Waals surface area (Å²) in [6.07, 6.45) is 2.88. The van der Waals surface area contributed by atoms with E-state index in [1.807, 2.05) is 12.1 Å². The predicted octanol–water partition coefficient (Wildman–Crippen LogP) is 1.88. The normalized spacial score (nSPS) is 18.8. The van der Waals surface area contributed by atoms with Crippen molar-refractivity contribution >= 4 is 21.6 Å². The number of rotatable bonds is 3. The van der Waals surface area contributed by atoms with Gasteiger partial charge in [0.05, 0.1) is 11.8 Å². The fraction of sp³-hybridized carbons (Fsp3) is 0.400. The van der Waals surface area contributed by atoms with Gasteiger partial charge in [-0.05, 0) is 30.5 Å². The highest BCUT2D eigenvalue weighted by Crippen LogP contribution is 2.46. The third-order valence-corrected chi connectivity index (χ3v) is 3.54. The Labute approximate surface area is 94.5 Å². The van der Waals surface area contributed by atoms with Crippen LogP contribution in [0, 0.1) is 0 Å². The van der Waals surface area contributed by atoms with E-state index in [4.69, 9.17) is 11.6 Å². The topological polar surface area (TPSA) is 46.2 Å². The van der Waals surface area contributed by atoms with E-state index in [2.05, 4.69) is 4.72 Å². The minimum absolute atomic E-state index is 0.377. The third-order valence-electron chi connectivity index (χ3n) is 2.53. The molecule has 0 unspecified atom stereocenters. The Hall–Kier alpha value is -0.580. The molecule has 1 N–H and O–H groups in total. The number of hydrogen-bond acceptors (Lipinski definition) is 2. The average Bonchev–Trinajstić information content (AvgIpc) is 2.83. The summed E-state index contributed by atoms with van der Waals surface area (Å²) < 4.78 is 25.1. The Morgan fingerprint density at radius 2 is 1.80 bits per heavy atom. The molecule has 1 aliphatic rings. The molecule has 15 heavy (non-hydrogen) atoms. The summed E-state index contributed by atoms with van der Waals surface area (Å²) in [5.41, 5.74) is 0.607. The smallest absolute Gasteiger partial charge is 0.209 e. The SMILES string of the molecule is CS(=O)(=O)NC1(c2ccc(Cl)cc2)CC1. The monoisotopic (exact) mass is 245 g/mol. The van der Waals surface area contributed by atoms with Gasteiger partial charge in [-0.15, -0.1) is 0 Å². The molecule has 0 bridgehead atoms. The third kappa shape index (κ3) is 2.51. The van der Waals surface area contributed by atoms with E-state index in [1.165, 1.54) is 6.26 Å². The minimum atomic E-state index is -3.16. The predicted molar refractivity (Wildman–Crippen MR) is 60.3 cm³/mol. The number of benzene rings is 1. The number of halogens is 1. The average molecular weight is 246 g/mol. The minimum Gasteiger partial charge on any atom is -0.213 e. The maximum Gasteiger partial charge on any atom is 0.209 e. The fourth-order valence-electron chi connectivity index (χ4n) is 1.70. The second-order valence-corrected chi connectivity index (χ2v) is 6.15. The Morgan fingerprint density at radius 3 is 2.20 bits per heavy atom. The van der Waals surface area contributed by atoms with Crippen LogP contribution in [0.15, 0.2) is 24.3 Å². The first kappa shape index (κ1) is 10.9. The van der Waals surface area contributed by atoms with Crippen LogP contribution >= 0.6 is 11.6 Å². The first-order valence-electron chi connectivity index (χ1n) is 4.66. The number of hydrogen-bond donors (Lipinski definition) is 1. The summed E-state index contributed by atoms with van der Waals surface area (Å²) in [5, 5.41) is 0.661. The van der Waals surface area contributed by atoms with Crippen LogP contribution < -0.4 is 4.72 Å². The van der Waals surface area contributed by atoms with Crippen molar-refractivity contribution in [3.63, 3.8) is 0 Å². The molecule has 1 fully saturated rings. The van der Waals surface area contributed by atoms with Crippen LogP contribution in [0.25, 0.3) is 0 Å². The maximum atomic E-state index is 11.2. The quantitative estimate of drug-likeness (QED) is 0.884. The lowest BCUT2D eigenvalue weighted by Crippen LogP contribution is -2.33. The second-order valence-electron chi connectivity index (χ2n) is 3.96. The van der Waals surface area contributed by atoms with Crippen LogP contribution in [-0.4, -0.2) is 14.7 Å². The van der Waals surface area contributed by atoms with Gasteiger partial charge >= 0.3 is 0 Å². The van der Waals surface area contributed by atoms with Crippen LogP contribution in [0.2, 0.25) is 5.02 Å². The molecule has 2 rings (SSSR count). The Balaban J connectivity index is 2.27. The molecule has 0 radical (unpaired) electrons. The molecular formula is C10H12ClNO2S. The van der Waals surface area contributed by atoms with Crippen LogP contribution in [-0.2, 0) is 15.6 Å². The molecule has 0 saturated heterocycles. The molecule has 3 nitrogen and oxygen atoms in total. The first-order chi connectivity index (χ1) is 6.91. The zero-order valence-corrected chi connectivity index (χ0v) is 9.90. The molecule has 0 atom stereocenters. The molecule has 0 heterocycles. The van der Waals surface area contributed by atoms with E-state index in [1.54, 1.807) is 12.1 Å². The van der Waals surface area contributed by atoms with Crippen molar-refractivity contribution in [2.24, 2.45) is 0 Å². The molecule has 1 aromatic carbocycles. The molecule has 0 amide bonds. The van der Waals surface area contributed by atoms with Gasteiger partial charge in [-0.3, -0.25) is 0 Å². The summed E-state index contributed by atoms with van der Waals surface area (Å²) in [6.45, 7) is 0. The second kappa shape index (κ2) is 3.47. The Kier molecular flexibility index (Phi) is 2.53. The fourth-order valence-corrected chi connectivity index (χ4v) is 2.86. The maximum absolute atomic E-state index is 11.2. The standard InChI is InChI=1S/C10H12ClNO2S/c1-15(13,14)12-10(6-7-10)8-2-4-9(11)5-3-8/h2-5,12H,6-7H2,1H3. The zero-order valence-electron chi connectivity index (χ0n) is 8.33. The van der Waals surface area contributed by atoms with E-state index in [0.717, 1.165) is 18.4 Å². The summed E-state index contributed by atoms with van der Waals surface area (Å²) in [6, 6.07) is 7.29. The van der Waals surface area contributed by atoms with Gasteiger partial charge in [-0.1, -0.05) is 23.7 Å². The van der Waals surface area contributed by atoms with Crippen LogP contribution in [0.1, 0.15) is 18.4 Å². The van der Waals surface area contributed by atoms with Gasteiger partial charge in [0.2, 0.25) is 10.0 Å². The van der Waals surface area contributed by atoms with Gasteiger partial charge in [0, 0.05) is 5.02 Å². The largest absolute Gasteiger partial charge is 0.213 e. The van der Waals surface area contributed by atoms with Gasteiger partial charge < -0.3 is 0 Å². The van der Waals surface area contributed by atoms with Crippen molar-refractivity contribution in [3.8, 4) is 0 Å². The summed E-state index contributed by atoms with van der Waals surface area (Å²) in [5.74, 6) is 0. The summed E-state index contributed by atoms with van der Waals surface area (Å²) in [4.78, 5) is 0. The molecule has 1 aliphatic carbocycles. The van der Waals surface area contributed by atoms with Crippen molar-refractivity contribution in [2.75, 3.05) is 6.26 Å². The van der Waals surface area contributed by atoms with Gasteiger partial charge in [0.1, 0.15) is 0 Å². The molecule has 1 aromatic rings. The van der Waals surface area contributed by atoms with Crippen LogP contribution in [0.5, 0.6) is 0 Å². The van der Waals surface area contributed by atoms with Gasteiger partial charge in [-0.25, -0.2) is 13.1 Å². The van der Waals surface area contributed by atoms with Gasteiger partial charge in [0.15, 0.2) is 0 Å². The molecule has 0 aliphatic heterocycles. The van der Waals surface area contributed by atoms with Gasteiger partial charge in [-0.2, -0.15) is 0 Å². The van der Waals surface area contributed by atoms with Crippen molar-refractivity contribution in [2.45, 2.75) is 18.4 Å². The van der Waals surface area contributed by atoms with Crippen LogP contribution in [0.4, 0.5) is 0 Å². The van der Waals surface area contributed by atoms with Crippen molar-refractivity contribution in [3.05, 3.63) is 34.9 Å². The van der Waals surface area contributed by atoms with Crippen molar-refractivity contribution in [1.29, 1.82) is 0 Å². The number of nitrogens with one attached hydrogen (secondary N) is 1. The molecule has 1 saturated carbocycles. The zero-order chi connectivity index (χ0) is 11.1. The van der Waals surface area contributed by atoms with E-state index in [0.29, 0.717) is 5.02 Å². The Morgan fingerprint density at radius 1 is 1.27 bits per heavy atom. The number of sulfonamides is 1. The van der Waals surface area contributed by atoms with Gasteiger partial charge in [0.25, 0.3) is 0 Å². The van der Waals surface area contributed by atoms with E-state index >= 15 is 0 Å². The highest BCUT2D eigenvalue weighted by Gasteiger charge is 2.46.